The number of nitrogens with zero attached hydrogens (tertiary/aromatic N) is 3. The van der Waals surface area contributed by atoms with Crippen molar-refractivity contribution in [1.82, 2.24) is 4.90 Å². The highest BCUT2D eigenvalue weighted by atomic mass is 19.1. The molecule has 0 bridgehead atoms. The summed E-state index contributed by atoms with van der Waals surface area (Å²) >= 11 is 0. The number of hydrogen-bond acceptors (Lipinski definition) is 6. The average Bonchev–Trinajstić information content (AvgIpc) is 2.88. The summed E-state index contributed by atoms with van der Waals surface area (Å²) in [5, 5.41) is 10.6. The van der Waals surface area contributed by atoms with E-state index in [1.165, 1.54) is 6.07 Å². The first kappa shape index (κ1) is 23.3. The van der Waals surface area contributed by atoms with E-state index in [-0.39, 0.29) is 11.6 Å². The van der Waals surface area contributed by atoms with Gasteiger partial charge >= 0.3 is 0 Å². The summed E-state index contributed by atoms with van der Waals surface area (Å²) in [7, 11) is 0. The lowest BCUT2D eigenvalue weighted by atomic mass is 10.1. The van der Waals surface area contributed by atoms with Crippen molar-refractivity contribution in [2.24, 2.45) is 0 Å². The molecule has 0 aliphatic carbocycles. The van der Waals surface area contributed by atoms with Gasteiger partial charge in [-0.1, -0.05) is 25.1 Å². The van der Waals surface area contributed by atoms with E-state index < -0.39 is 0 Å². The molecule has 7 heteroatoms. The van der Waals surface area contributed by atoms with Crippen LogP contribution < -0.4 is 19.3 Å². The topological polar surface area (TPSA) is 48.4 Å². The molecule has 5 rings (SSSR count). The zero-order valence-electron chi connectivity index (χ0n) is 20.1. The fraction of sp³-hybridized carbons (Fsp3) is 0.357. The Kier molecular flexibility index (Phi) is 6.95. The number of phenolic OH excluding ortho intramolecular Hbond substituents is 1. The van der Waals surface area contributed by atoms with Gasteiger partial charge in [-0.3, -0.25) is 4.90 Å². The van der Waals surface area contributed by atoms with Crippen LogP contribution in [0.1, 0.15) is 19.8 Å². The van der Waals surface area contributed by atoms with E-state index in [1.54, 1.807) is 24.3 Å². The Morgan fingerprint density at radius 2 is 1.71 bits per heavy atom. The second-order valence-electron chi connectivity index (χ2n) is 8.99. The van der Waals surface area contributed by atoms with Crippen LogP contribution in [0.5, 0.6) is 23.0 Å². The van der Waals surface area contributed by atoms with Gasteiger partial charge in [0.2, 0.25) is 0 Å². The number of anilines is 3. The summed E-state index contributed by atoms with van der Waals surface area (Å²) in [6.07, 6.45) is 1.85. The molecule has 0 amide bonds. The predicted molar refractivity (Wildman–Crippen MR) is 137 cm³/mol. The second-order valence-corrected chi connectivity index (χ2v) is 8.99. The number of aromatic hydroxyl groups is 1. The maximum atomic E-state index is 14.0. The maximum absolute atomic E-state index is 14.0. The van der Waals surface area contributed by atoms with Crippen molar-refractivity contribution in [1.29, 1.82) is 0 Å². The molecule has 1 N–H and O–H groups in total. The molecular weight excluding hydrogens is 445 g/mol. The average molecular weight is 478 g/mol. The van der Waals surface area contributed by atoms with Gasteiger partial charge in [-0.2, -0.15) is 0 Å². The first-order valence-electron chi connectivity index (χ1n) is 12.4. The van der Waals surface area contributed by atoms with Gasteiger partial charge in [0, 0.05) is 38.8 Å². The van der Waals surface area contributed by atoms with Gasteiger partial charge in [-0.25, -0.2) is 4.39 Å². The number of piperazine rings is 1. The van der Waals surface area contributed by atoms with Crippen molar-refractivity contribution in [3.05, 3.63) is 66.5 Å². The summed E-state index contributed by atoms with van der Waals surface area (Å²) in [5.41, 5.74) is 2.54. The smallest absolute Gasteiger partial charge is 0.155 e. The van der Waals surface area contributed by atoms with Crippen LogP contribution in [0.2, 0.25) is 0 Å². The highest BCUT2D eigenvalue weighted by Crippen LogP contribution is 2.50. The molecule has 2 aliphatic heterocycles. The molecule has 0 aromatic heterocycles. The minimum atomic E-state index is -0.236. The van der Waals surface area contributed by atoms with Crippen LogP contribution in [-0.2, 0) is 0 Å². The van der Waals surface area contributed by atoms with E-state index in [9.17, 15) is 9.50 Å². The number of ether oxygens (including phenoxy) is 2. The summed E-state index contributed by atoms with van der Waals surface area (Å²) in [6, 6.07) is 18.1. The summed E-state index contributed by atoms with van der Waals surface area (Å²) in [5.74, 6) is 2.22. The molecule has 0 saturated carbocycles. The zero-order chi connectivity index (χ0) is 24.2. The van der Waals surface area contributed by atoms with Crippen molar-refractivity contribution < 1.29 is 19.0 Å². The molecule has 1 fully saturated rings. The molecule has 3 aromatic rings. The van der Waals surface area contributed by atoms with Crippen molar-refractivity contribution in [2.45, 2.75) is 19.8 Å². The Morgan fingerprint density at radius 3 is 2.54 bits per heavy atom. The maximum Gasteiger partial charge on any atom is 0.155 e. The van der Waals surface area contributed by atoms with Crippen molar-refractivity contribution >= 4 is 17.1 Å². The molecule has 184 valence electrons. The van der Waals surface area contributed by atoms with Gasteiger partial charge in [0.25, 0.3) is 0 Å². The van der Waals surface area contributed by atoms with Gasteiger partial charge in [0.05, 0.1) is 18.0 Å². The number of phenols is 1. The number of halogens is 1. The SMILES string of the molecule is CCCOc1ccc(F)cc1N1CCN(CCCN2c3ccccc3Oc3cccc(O)c32)CC1. The minimum Gasteiger partial charge on any atom is -0.506 e. The van der Waals surface area contributed by atoms with E-state index >= 15 is 0 Å². The molecule has 3 aromatic carbocycles. The molecule has 0 spiro atoms. The van der Waals surface area contributed by atoms with E-state index in [0.29, 0.717) is 12.4 Å². The van der Waals surface area contributed by atoms with E-state index in [0.717, 1.165) is 80.7 Å². The highest BCUT2D eigenvalue weighted by molar-refractivity contribution is 5.81. The molecule has 0 atom stereocenters. The lowest BCUT2D eigenvalue weighted by molar-refractivity contribution is 0.254. The molecule has 0 radical (unpaired) electrons. The van der Waals surface area contributed by atoms with Gasteiger partial charge in [0.15, 0.2) is 11.5 Å². The third kappa shape index (κ3) is 5.00. The zero-order valence-corrected chi connectivity index (χ0v) is 20.1. The lowest BCUT2D eigenvalue weighted by Crippen LogP contribution is -2.47. The van der Waals surface area contributed by atoms with Crippen LogP contribution in [0, 0.1) is 5.82 Å². The number of fused-ring (bicyclic) bond motifs is 2. The van der Waals surface area contributed by atoms with Gasteiger partial charge in [0.1, 0.15) is 23.0 Å². The van der Waals surface area contributed by atoms with Gasteiger partial charge in [-0.05, 0) is 55.8 Å². The molecule has 2 heterocycles. The standard InChI is InChI=1S/C28H32FN3O3/c1-2-19-34-25-12-11-21(29)20-23(25)31-17-15-30(16-18-31)13-6-14-32-22-7-3-4-9-26(22)35-27-10-5-8-24(33)28(27)32/h3-5,7-12,20,33H,2,6,13-19H2,1H3. The number of para-hydroxylation sites is 3. The third-order valence-electron chi connectivity index (χ3n) is 6.58. The normalized spacial score (nSPS) is 15.4. The largest absolute Gasteiger partial charge is 0.506 e. The quantitative estimate of drug-likeness (QED) is 0.444. The Balaban J connectivity index is 1.20. The Bertz CT molecular complexity index is 1160. The molecule has 1 saturated heterocycles. The first-order chi connectivity index (χ1) is 17.1. The fourth-order valence-electron chi connectivity index (χ4n) is 4.84. The molecule has 0 unspecified atom stereocenters. The van der Waals surface area contributed by atoms with Crippen LogP contribution in [0.3, 0.4) is 0 Å². The van der Waals surface area contributed by atoms with Crippen molar-refractivity contribution in [3.8, 4) is 23.0 Å². The Labute approximate surface area is 206 Å². The van der Waals surface area contributed by atoms with E-state index in [1.807, 2.05) is 30.3 Å². The van der Waals surface area contributed by atoms with E-state index in [2.05, 4.69) is 21.6 Å². The Hall–Kier alpha value is -3.45. The van der Waals surface area contributed by atoms with Crippen LogP contribution in [0.25, 0.3) is 0 Å². The van der Waals surface area contributed by atoms with Crippen LogP contribution in [0.4, 0.5) is 21.5 Å². The number of hydrogen-bond donors (Lipinski definition) is 1. The Morgan fingerprint density at radius 1 is 0.914 bits per heavy atom. The lowest BCUT2D eigenvalue weighted by Gasteiger charge is -2.37. The fourth-order valence-corrected chi connectivity index (χ4v) is 4.84. The molecule has 6 nitrogen and oxygen atoms in total. The van der Waals surface area contributed by atoms with Gasteiger partial charge < -0.3 is 24.4 Å². The third-order valence-corrected chi connectivity index (χ3v) is 6.58. The molecular formula is C28H32FN3O3. The summed E-state index contributed by atoms with van der Waals surface area (Å²) < 4.78 is 25.8. The first-order valence-corrected chi connectivity index (χ1v) is 12.4. The number of benzene rings is 3. The van der Waals surface area contributed by atoms with Crippen molar-refractivity contribution in [2.75, 3.05) is 55.7 Å². The van der Waals surface area contributed by atoms with E-state index in [4.69, 9.17) is 9.47 Å². The minimum absolute atomic E-state index is 0.224. The second kappa shape index (κ2) is 10.4. The summed E-state index contributed by atoms with van der Waals surface area (Å²) in [6.45, 7) is 7.88. The molecule has 35 heavy (non-hydrogen) atoms. The number of rotatable bonds is 8. The molecule has 2 aliphatic rings. The monoisotopic (exact) mass is 477 g/mol. The highest BCUT2D eigenvalue weighted by Gasteiger charge is 2.27. The predicted octanol–water partition coefficient (Wildman–Crippen LogP) is 5.78. The van der Waals surface area contributed by atoms with Crippen LogP contribution in [-0.4, -0.2) is 55.9 Å². The van der Waals surface area contributed by atoms with Gasteiger partial charge in [-0.15, -0.1) is 0 Å². The van der Waals surface area contributed by atoms with Crippen LogP contribution >= 0.6 is 0 Å². The summed E-state index contributed by atoms with van der Waals surface area (Å²) in [4.78, 5) is 6.82. The van der Waals surface area contributed by atoms with Crippen LogP contribution in [0.15, 0.2) is 60.7 Å². The van der Waals surface area contributed by atoms with Crippen molar-refractivity contribution in [3.63, 3.8) is 0 Å².